The molecule has 15 heavy (non-hydrogen) atoms. The molecule has 1 aromatic rings. The first-order valence-corrected chi connectivity index (χ1v) is 11.0. The summed E-state index contributed by atoms with van der Waals surface area (Å²) in [7, 11) is 0. The van der Waals surface area contributed by atoms with Crippen LogP contribution in [0.3, 0.4) is 0 Å². The quantitative estimate of drug-likeness (QED) is 0.686. The molecule has 0 nitrogen and oxygen atoms in total. The minimum absolute atomic E-state index is 1.29. The Bertz CT molecular complexity index is 320. The molecule has 1 heteroatoms. The summed E-state index contributed by atoms with van der Waals surface area (Å²) in [5.41, 5.74) is 1.30. The van der Waals surface area contributed by atoms with Crippen molar-refractivity contribution in [2.45, 2.75) is 24.4 Å². The fourth-order valence-electron chi connectivity index (χ4n) is 1.67. The van der Waals surface area contributed by atoms with Crippen molar-refractivity contribution in [2.24, 2.45) is 0 Å². The maximum atomic E-state index is 4.02. The van der Waals surface area contributed by atoms with Crippen molar-refractivity contribution in [3.63, 3.8) is 0 Å². The van der Waals surface area contributed by atoms with E-state index in [0.717, 1.165) is 0 Å². The van der Waals surface area contributed by atoms with Gasteiger partial charge in [0.15, 0.2) is 0 Å². The Morgan fingerprint density at radius 3 is 2.20 bits per heavy atom. The molecule has 0 spiro atoms. The number of benzene rings is 1. The van der Waals surface area contributed by atoms with Gasteiger partial charge in [-0.05, 0) is 0 Å². The van der Waals surface area contributed by atoms with Gasteiger partial charge in [-0.3, -0.25) is 0 Å². The zero-order chi connectivity index (χ0) is 11.1. The van der Waals surface area contributed by atoms with E-state index in [1.54, 1.807) is 0 Å². The summed E-state index contributed by atoms with van der Waals surface area (Å²) in [5, 5.41) is 2.59. The van der Waals surface area contributed by atoms with E-state index in [2.05, 4.69) is 66.7 Å². The predicted octanol–water partition coefficient (Wildman–Crippen LogP) is 4.45. The molecular formula is C14H20Ge. The van der Waals surface area contributed by atoms with E-state index in [4.69, 9.17) is 0 Å². The van der Waals surface area contributed by atoms with Crippen LogP contribution in [0.4, 0.5) is 0 Å². The molecule has 0 fully saturated rings. The van der Waals surface area contributed by atoms with Gasteiger partial charge in [-0.1, -0.05) is 0 Å². The summed E-state index contributed by atoms with van der Waals surface area (Å²) < 4.78 is 0. The zero-order valence-corrected chi connectivity index (χ0v) is 11.8. The molecule has 0 unspecified atom stereocenters. The monoisotopic (exact) mass is 262 g/mol. The fraction of sp³-hybridized carbons (Fsp3) is 0.286. The standard InChI is InChI=1S/C14H20Ge/c1-4-15(5-2,6-3)13-12-14-10-8-7-9-11-14/h4,7-13H,1,5-6H2,2-3H3/b13-12+. The van der Waals surface area contributed by atoms with Crippen LogP contribution >= 0.6 is 0 Å². The van der Waals surface area contributed by atoms with Crippen LogP contribution in [0.15, 0.2) is 46.7 Å². The van der Waals surface area contributed by atoms with E-state index in [0.29, 0.717) is 0 Å². The van der Waals surface area contributed by atoms with Crippen molar-refractivity contribution >= 4 is 19.3 Å². The Labute approximate surface area is 96.1 Å². The normalized spacial score (nSPS) is 11.9. The third-order valence-corrected chi connectivity index (χ3v) is 12.1. The van der Waals surface area contributed by atoms with Gasteiger partial charge >= 0.3 is 96.0 Å². The summed E-state index contributed by atoms with van der Waals surface area (Å²) in [6.07, 6.45) is 2.27. The molecule has 0 saturated heterocycles. The van der Waals surface area contributed by atoms with Gasteiger partial charge in [0, 0.05) is 0 Å². The third kappa shape index (κ3) is 3.38. The maximum absolute atomic E-state index is 4.02. The number of hydrogen-bond acceptors (Lipinski definition) is 0. The van der Waals surface area contributed by atoms with E-state index in [-0.39, 0.29) is 0 Å². The summed E-state index contributed by atoms with van der Waals surface area (Å²) in [5.74, 6) is 0. The van der Waals surface area contributed by atoms with Gasteiger partial charge in [-0.15, -0.1) is 0 Å². The Morgan fingerprint density at radius 2 is 1.73 bits per heavy atom. The van der Waals surface area contributed by atoms with E-state index in [9.17, 15) is 0 Å². The van der Waals surface area contributed by atoms with Crippen LogP contribution in [0.2, 0.25) is 10.5 Å². The summed E-state index contributed by atoms with van der Waals surface area (Å²) >= 11 is -1.83. The first kappa shape index (κ1) is 12.3. The Hall–Kier alpha value is -0.757. The molecule has 0 aliphatic heterocycles. The third-order valence-electron chi connectivity index (χ3n) is 3.13. The number of rotatable bonds is 5. The molecule has 0 saturated carbocycles. The van der Waals surface area contributed by atoms with Gasteiger partial charge in [0.25, 0.3) is 0 Å². The van der Waals surface area contributed by atoms with Crippen LogP contribution in [0.1, 0.15) is 19.4 Å². The molecule has 1 rings (SSSR count). The van der Waals surface area contributed by atoms with Crippen molar-refractivity contribution in [1.82, 2.24) is 0 Å². The van der Waals surface area contributed by atoms with Crippen LogP contribution in [0.25, 0.3) is 6.08 Å². The van der Waals surface area contributed by atoms with Crippen molar-refractivity contribution in [1.29, 1.82) is 0 Å². The Kier molecular flexibility index (Phi) is 4.90. The molecule has 0 N–H and O–H groups in total. The second-order valence-electron chi connectivity index (χ2n) is 3.89. The van der Waals surface area contributed by atoms with Gasteiger partial charge < -0.3 is 0 Å². The topological polar surface area (TPSA) is 0 Å². The van der Waals surface area contributed by atoms with E-state index in [1.165, 1.54) is 16.1 Å². The predicted molar refractivity (Wildman–Crippen MR) is 72.4 cm³/mol. The molecule has 0 aromatic heterocycles. The van der Waals surface area contributed by atoms with Crippen LogP contribution in [0.5, 0.6) is 0 Å². The van der Waals surface area contributed by atoms with Crippen LogP contribution < -0.4 is 0 Å². The van der Waals surface area contributed by atoms with E-state index < -0.39 is 13.3 Å². The molecular weight excluding hydrogens is 241 g/mol. The van der Waals surface area contributed by atoms with Gasteiger partial charge in [-0.2, -0.15) is 0 Å². The second kappa shape index (κ2) is 5.96. The van der Waals surface area contributed by atoms with Gasteiger partial charge in [0.05, 0.1) is 0 Å². The van der Waals surface area contributed by atoms with Gasteiger partial charge in [-0.25, -0.2) is 0 Å². The molecule has 0 aliphatic rings. The molecule has 0 atom stereocenters. The van der Waals surface area contributed by atoms with Crippen LogP contribution in [-0.4, -0.2) is 13.3 Å². The fourth-order valence-corrected chi connectivity index (χ4v) is 6.30. The van der Waals surface area contributed by atoms with E-state index in [1.807, 2.05) is 0 Å². The molecule has 0 aliphatic carbocycles. The SMILES string of the molecule is C=[CH][Ge](/[CH]=C/c1ccccc1)([CH2]C)[CH2]C. The van der Waals surface area contributed by atoms with Crippen LogP contribution in [-0.2, 0) is 0 Å². The molecule has 80 valence electrons. The molecule has 0 radical (unpaired) electrons. The first-order chi connectivity index (χ1) is 7.26. The van der Waals surface area contributed by atoms with Crippen molar-refractivity contribution in [3.05, 3.63) is 52.3 Å². The Morgan fingerprint density at radius 1 is 1.13 bits per heavy atom. The van der Waals surface area contributed by atoms with Crippen molar-refractivity contribution < 1.29 is 0 Å². The number of hydrogen-bond donors (Lipinski definition) is 0. The van der Waals surface area contributed by atoms with E-state index >= 15 is 0 Å². The summed E-state index contributed by atoms with van der Waals surface area (Å²) in [4.78, 5) is 4.71. The Balaban J connectivity index is 2.83. The van der Waals surface area contributed by atoms with Gasteiger partial charge in [0.1, 0.15) is 0 Å². The summed E-state index contributed by atoms with van der Waals surface area (Å²) in [6, 6.07) is 10.5. The van der Waals surface area contributed by atoms with Gasteiger partial charge in [0.2, 0.25) is 0 Å². The second-order valence-corrected chi connectivity index (χ2v) is 13.6. The van der Waals surface area contributed by atoms with Crippen molar-refractivity contribution in [3.8, 4) is 0 Å². The first-order valence-electron chi connectivity index (χ1n) is 5.64. The average molecular weight is 261 g/mol. The summed E-state index contributed by atoms with van der Waals surface area (Å²) in [6.45, 7) is 8.60. The van der Waals surface area contributed by atoms with Crippen LogP contribution in [0, 0.1) is 0 Å². The average Bonchev–Trinajstić information content (AvgIpc) is 2.33. The molecule has 0 heterocycles. The molecule has 0 bridgehead atoms. The minimum atomic E-state index is -1.83. The molecule has 1 aromatic carbocycles. The zero-order valence-electron chi connectivity index (χ0n) is 9.74. The molecule has 0 amide bonds. The van der Waals surface area contributed by atoms with Crippen molar-refractivity contribution in [2.75, 3.05) is 0 Å².